The zero-order valence-electron chi connectivity index (χ0n) is 20.4. The normalized spacial score (nSPS) is 14.5. The Morgan fingerprint density at radius 1 is 1.11 bits per heavy atom. The smallest absolute Gasteiger partial charge is 0.254 e. The van der Waals surface area contributed by atoms with E-state index in [0.29, 0.717) is 24.8 Å². The van der Waals surface area contributed by atoms with Gasteiger partial charge in [0.1, 0.15) is 12.5 Å². The van der Waals surface area contributed by atoms with Gasteiger partial charge in [0.05, 0.1) is 24.3 Å². The number of rotatable bonds is 6. The first-order valence-electron chi connectivity index (χ1n) is 11.2. The number of benzene rings is 2. The fraction of sp³-hybridized carbons (Fsp3) is 0.346. The number of nitrogens with zero attached hydrogens (tertiary/aromatic N) is 4. The number of amides is 2. The molecule has 1 aliphatic rings. The van der Waals surface area contributed by atoms with Crippen LogP contribution in [0.15, 0.2) is 60.9 Å². The summed E-state index contributed by atoms with van der Waals surface area (Å²) in [5, 5.41) is 6.18. The van der Waals surface area contributed by atoms with Gasteiger partial charge in [-0.1, -0.05) is 48.0 Å². The molecule has 4 rings (SSSR count). The second-order valence-electron chi connectivity index (χ2n) is 8.97. The van der Waals surface area contributed by atoms with Crippen LogP contribution in [0.25, 0.3) is 0 Å². The van der Waals surface area contributed by atoms with E-state index in [2.05, 4.69) is 5.10 Å². The van der Waals surface area contributed by atoms with Crippen molar-refractivity contribution in [2.75, 3.05) is 17.4 Å². The molecule has 0 aliphatic carbocycles. The first-order valence-corrected chi connectivity index (χ1v) is 12.1. The van der Waals surface area contributed by atoms with E-state index >= 15 is 0 Å². The summed E-state index contributed by atoms with van der Waals surface area (Å²) in [4.78, 5) is 31.0. The molecule has 2 amide bonds. The zero-order chi connectivity index (χ0) is 25.6. The predicted molar refractivity (Wildman–Crippen MR) is 138 cm³/mol. The lowest BCUT2D eigenvalue weighted by molar-refractivity contribution is -0.165. The van der Waals surface area contributed by atoms with Gasteiger partial charge in [0.15, 0.2) is 0 Å². The van der Waals surface area contributed by atoms with E-state index in [9.17, 15) is 9.59 Å². The van der Waals surface area contributed by atoms with Gasteiger partial charge >= 0.3 is 0 Å². The molecule has 0 atom stereocenters. The molecule has 1 aliphatic heterocycles. The Morgan fingerprint density at radius 2 is 1.80 bits per heavy atom. The van der Waals surface area contributed by atoms with Crippen molar-refractivity contribution in [3.8, 4) is 0 Å². The zero-order valence-corrected chi connectivity index (χ0v) is 21.9. The van der Waals surface area contributed by atoms with Crippen LogP contribution in [-0.4, -0.2) is 39.1 Å². The Morgan fingerprint density at radius 3 is 2.34 bits per heavy atom. The number of halogens is 2. The summed E-state index contributed by atoms with van der Waals surface area (Å²) in [6.07, 6.45) is 3.51. The number of hydrogen-bond acceptors (Lipinski definition) is 4. The molecule has 9 heteroatoms. The van der Waals surface area contributed by atoms with E-state index in [0.717, 1.165) is 22.4 Å². The Labute approximate surface area is 216 Å². The maximum Gasteiger partial charge on any atom is 0.254 e. The molecule has 0 saturated carbocycles. The van der Waals surface area contributed by atoms with Crippen LogP contribution in [0.4, 0.5) is 5.69 Å². The lowest BCUT2D eigenvalue weighted by Gasteiger charge is -2.25. The standard InChI is InChI=1S/C14H16ClN3O.C12H14ClNO2/c1-11-5-3-6-12(2)14(11)18(13(19)9-15)10-17-8-4-7-16-17;1-12(2)8-16-14(11(12)15)7-9-5-3-4-6-10(9)13/h3-8H,9-10H2,1-2H3;3-6H,7-8H2,1-2H3. The van der Waals surface area contributed by atoms with Crippen molar-refractivity contribution in [2.45, 2.75) is 40.9 Å². The predicted octanol–water partition coefficient (Wildman–Crippen LogP) is 5.37. The number of carbonyl (C=O) groups excluding carboxylic acids is 2. The van der Waals surface area contributed by atoms with Crippen molar-refractivity contribution in [3.05, 3.63) is 82.6 Å². The van der Waals surface area contributed by atoms with Gasteiger partial charge < -0.3 is 0 Å². The Hall–Kier alpha value is -2.87. The monoisotopic (exact) mass is 516 g/mol. The summed E-state index contributed by atoms with van der Waals surface area (Å²) in [6, 6.07) is 15.2. The molecule has 3 aromatic rings. The average Bonchev–Trinajstić information content (AvgIpc) is 3.43. The highest BCUT2D eigenvalue weighted by molar-refractivity contribution is 6.31. The SMILES string of the molecule is CC1(C)CON(Cc2ccccc2Cl)C1=O.Cc1cccc(C)c1N(Cn1cccn1)C(=O)CCl. The molecule has 7 nitrogen and oxygen atoms in total. The second kappa shape index (κ2) is 11.7. The van der Waals surface area contributed by atoms with Crippen LogP contribution in [0, 0.1) is 19.3 Å². The third-order valence-corrected chi connectivity index (χ3v) is 6.23. The van der Waals surface area contributed by atoms with Crippen molar-refractivity contribution in [2.24, 2.45) is 5.41 Å². The van der Waals surface area contributed by atoms with Gasteiger partial charge in [0.2, 0.25) is 5.91 Å². The minimum Gasteiger partial charge on any atom is -0.291 e. The molecule has 35 heavy (non-hydrogen) atoms. The highest BCUT2D eigenvalue weighted by Crippen LogP contribution is 2.29. The van der Waals surface area contributed by atoms with Gasteiger partial charge in [-0.2, -0.15) is 5.10 Å². The molecule has 0 unspecified atom stereocenters. The summed E-state index contributed by atoms with van der Waals surface area (Å²) < 4.78 is 1.70. The first-order chi connectivity index (χ1) is 16.6. The van der Waals surface area contributed by atoms with E-state index in [-0.39, 0.29) is 17.7 Å². The van der Waals surface area contributed by atoms with Crippen LogP contribution >= 0.6 is 23.2 Å². The quantitative estimate of drug-likeness (QED) is 0.413. The third-order valence-electron chi connectivity index (χ3n) is 5.63. The van der Waals surface area contributed by atoms with Crippen LogP contribution < -0.4 is 4.90 Å². The van der Waals surface area contributed by atoms with Crippen LogP contribution in [-0.2, 0) is 27.6 Å². The highest BCUT2D eigenvalue weighted by Gasteiger charge is 2.40. The molecule has 186 valence electrons. The number of para-hydroxylation sites is 1. The minimum atomic E-state index is -0.429. The fourth-order valence-electron chi connectivity index (χ4n) is 3.70. The van der Waals surface area contributed by atoms with Gasteiger partial charge in [-0.3, -0.25) is 24.0 Å². The Kier molecular flexibility index (Phi) is 8.94. The van der Waals surface area contributed by atoms with Crippen LogP contribution in [0.2, 0.25) is 5.02 Å². The van der Waals surface area contributed by atoms with E-state index in [1.54, 1.807) is 15.8 Å². The van der Waals surface area contributed by atoms with E-state index in [4.69, 9.17) is 28.0 Å². The molecule has 0 spiro atoms. The molecule has 0 N–H and O–H groups in total. The summed E-state index contributed by atoms with van der Waals surface area (Å²) in [5.41, 5.74) is 3.47. The molecule has 2 aromatic carbocycles. The first kappa shape index (κ1) is 26.7. The molecular formula is C26H30Cl2N4O3. The summed E-state index contributed by atoms with van der Waals surface area (Å²) >= 11 is 11.7. The maximum atomic E-state index is 12.1. The van der Waals surface area contributed by atoms with Crippen molar-refractivity contribution >= 4 is 40.7 Å². The van der Waals surface area contributed by atoms with Crippen molar-refractivity contribution in [3.63, 3.8) is 0 Å². The number of aryl methyl sites for hydroxylation is 2. The second-order valence-corrected chi connectivity index (χ2v) is 9.65. The molecular weight excluding hydrogens is 487 g/mol. The number of alkyl halides is 1. The lowest BCUT2D eigenvalue weighted by Crippen LogP contribution is -2.35. The topological polar surface area (TPSA) is 67.7 Å². The fourth-order valence-corrected chi connectivity index (χ4v) is 4.04. The molecule has 2 heterocycles. The van der Waals surface area contributed by atoms with Gasteiger partial charge in [-0.05, 0) is 56.5 Å². The average molecular weight is 517 g/mol. The third kappa shape index (κ3) is 6.63. The van der Waals surface area contributed by atoms with Crippen LogP contribution in [0.5, 0.6) is 0 Å². The van der Waals surface area contributed by atoms with Crippen LogP contribution in [0.3, 0.4) is 0 Å². The van der Waals surface area contributed by atoms with Gasteiger partial charge in [0, 0.05) is 17.4 Å². The molecule has 0 bridgehead atoms. The van der Waals surface area contributed by atoms with E-state index in [1.165, 1.54) is 5.06 Å². The van der Waals surface area contributed by atoms with Gasteiger partial charge in [-0.15, -0.1) is 11.6 Å². The molecule has 1 aromatic heterocycles. The number of hydroxylamine groups is 2. The van der Waals surface area contributed by atoms with Crippen molar-refractivity contribution in [1.82, 2.24) is 14.8 Å². The number of aromatic nitrogens is 2. The number of carbonyl (C=O) groups is 2. The largest absolute Gasteiger partial charge is 0.291 e. The van der Waals surface area contributed by atoms with Gasteiger partial charge in [0.25, 0.3) is 5.91 Å². The maximum absolute atomic E-state index is 12.1. The number of hydrogen-bond donors (Lipinski definition) is 0. The number of anilines is 1. The Balaban J connectivity index is 0.000000198. The Bertz CT molecular complexity index is 1140. The summed E-state index contributed by atoms with van der Waals surface area (Å²) in [6.45, 7) is 8.92. The summed E-state index contributed by atoms with van der Waals surface area (Å²) in [7, 11) is 0. The minimum absolute atomic E-state index is 0.00687. The summed E-state index contributed by atoms with van der Waals surface area (Å²) in [5.74, 6) is -0.170. The van der Waals surface area contributed by atoms with Crippen molar-refractivity contribution < 1.29 is 14.4 Å². The van der Waals surface area contributed by atoms with E-state index < -0.39 is 5.41 Å². The highest BCUT2D eigenvalue weighted by atomic mass is 35.5. The lowest BCUT2D eigenvalue weighted by atomic mass is 9.95. The molecule has 0 radical (unpaired) electrons. The molecule has 1 saturated heterocycles. The van der Waals surface area contributed by atoms with Crippen molar-refractivity contribution in [1.29, 1.82) is 0 Å². The van der Waals surface area contributed by atoms with Gasteiger partial charge in [-0.25, -0.2) is 5.06 Å². The molecule has 1 fully saturated rings. The van der Waals surface area contributed by atoms with E-state index in [1.807, 2.05) is 82.4 Å². The van der Waals surface area contributed by atoms with Crippen LogP contribution in [0.1, 0.15) is 30.5 Å².